The Morgan fingerprint density at radius 3 is 2.56 bits per heavy atom. The van der Waals surface area contributed by atoms with Crippen LogP contribution in [-0.4, -0.2) is 11.2 Å². The Bertz CT molecular complexity index is 333. The lowest BCUT2D eigenvalue weighted by molar-refractivity contribution is 0.134. The minimum Gasteiger partial charge on any atom is -0.391 e. The van der Waals surface area contributed by atoms with E-state index in [1.165, 1.54) is 6.07 Å². The zero-order chi connectivity index (χ0) is 11.4. The Morgan fingerprint density at radius 2 is 2.06 bits per heavy atom. The lowest BCUT2D eigenvalue weighted by Crippen LogP contribution is -2.26. The van der Waals surface area contributed by atoms with Crippen molar-refractivity contribution in [1.29, 1.82) is 0 Å². The molecule has 0 aromatic heterocycles. The molecule has 0 heterocycles. The van der Waals surface area contributed by atoms with Gasteiger partial charge in [-0.05, 0) is 30.5 Å². The Hall–Kier alpha value is -0.640. The fraction of sp³-hybridized carbons (Fsp3) is 0.500. The summed E-state index contributed by atoms with van der Waals surface area (Å²) in [4.78, 5) is 0. The van der Waals surface area contributed by atoms with Gasteiger partial charge in [0.25, 0.3) is 0 Å². The van der Waals surface area contributed by atoms with Gasteiger partial charge >= 0.3 is 0 Å². The molecular weight excluding hydrogens is 229 g/mol. The van der Waals surface area contributed by atoms with Gasteiger partial charge in [-0.3, -0.25) is 0 Å². The number of aliphatic hydroxyl groups is 1. The highest BCUT2D eigenvalue weighted by molar-refractivity contribution is 5.85. The van der Waals surface area contributed by atoms with Gasteiger partial charge in [-0.15, -0.1) is 12.4 Å². The van der Waals surface area contributed by atoms with E-state index in [0.717, 1.165) is 12.0 Å². The second-order valence-electron chi connectivity index (χ2n) is 3.89. The standard InChI is InChI=1S/C12H18FNO.ClH/c1-3-4-11(15)12(14)9-5-6-10(13)8(2)7-9;/h5-7,11-12,15H,3-4,14H2,1-2H3;1H/t11-,12+;/m1./s1. The van der Waals surface area contributed by atoms with Gasteiger partial charge in [0, 0.05) is 0 Å². The minimum atomic E-state index is -0.556. The van der Waals surface area contributed by atoms with Gasteiger partial charge in [0.05, 0.1) is 12.1 Å². The van der Waals surface area contributed by atoms with Gasteiger partial charge in [-0.25, -0.2) is 4.39 Å². The van der Waals surface area contributed by atoms with Gasteiger partial charge in [0.2, 0.25) is 0 Å². The topological polar surface area (TPSA) is 46.2 Å². The van der Waals surface area contributed by atoms with Crippen molar-refractivity contribution < 1.29 is 9.50 Å². The fourth-order valence-electron chi connectivity index (χ4n) is 1.57. The molecule has 0 unspecified atom stereocenters. The summed E-state index contributed by atoms with van der Waals surface area (Å²) in [5.74, 6) is -0.240. The molecule has 0 radical (unpaired) electrons. The van der Waals surface area contributed by atoms with Gasteiger partial charge in [0.15, 0.2) is 0 Å². The lowest BCUT2D eigenvalue weighted by atomic mass is 9.98. The van der Waals surface area contributed by atoms with Crippen LogP contribution in [0.1, 0.15) is 36.9 Å². The largest absolute Gasteiger partial charge is 0.391 e. The molecule has 92 valence electrons. The molecule has 0 aliphatic carbocycles. The van der Waals surface area contributed by atoms with E-state index in [4.69, 9.17) is 5.73 Å². The van der Waals surface area contributed by atoms with Gasteiger partial charge in [0.1, 0.15) is 5.82 Å². The molecule has 3 N–H and O–H groups in total. The van der Waals surface area contributed by atoms with Crippen LogP contribution >= 0.6 is 12.4 Å². The monoisotopic (exact) mass is 247 g/mol. The number of nitrogens with two attached hydrogens (primary N) is 1. The molecule has 2 nitrogen and oxygen atoms in total. The first kappa shape index (κ1) is 15.4. The number of halogens is 2. The van der Waals surface area contributed by atoms with Gasteiger partial charge in [-0.2, -0.15) is 0 Å². The van der Waals surface area contributed by atoms with Crippen LogP contribution in [0.2, 0.25) is 0 Å². The van der Waals surface area contributed by atoms with Crippen LogP contribution in [-0.2, 0) is 0 Å². The van der Waals surface area contributed by atoms with Crippen LogP contribution < -0.4 is 5.73 Å². The van der Waals surface area contributed by atoms with E-state index in [1.807, 2.05) is 6.92 Å². The van der Waals surface area contributed by atoms with Gasteiger partial charge in [-0.1, -0.05) is 25.5 Å². The Morgan fingerprint density at radius 1 is 1.44 bits per heavy atom. The summed E-state index contributed by atoms with van der Waals surface area (Å²) in [7, 11) is 0. The van der Waals surface area contributed by atoms with Crippen molar-refractivity contribution in [2.45, 2.75) is 38.8 Å². The minimum absolute atomic E-state index is 0. The number of rotatable bonds is 4. The van der Waals surface area contributed by atoms with Crippen LogP contribution in [0.3, 0.4) is 0 Å². The summed E-state index contributed by atoms with van der Waals surface area (Å²) in [5.41, 5.74) is 7.22. The third-order valence-electron chi connectivity index (χ3n) is 2.57. The highest BCUT2D eigenvalue weighted by atomic mass is 35.5. The van der Waals surface area contributed by atoms with E-state index in [9.17, 15) is 9.50 Å². The zero-order valence-electron chi connectivity index (χ0n) is 9.61. The highest BCUT2D eigenvalue weighted by Gasteiger charge is 2.16. The molecule has 0 bridgehead atoms. The Balaban J connectivity index is 0.00000225. The smallest absolute Gasteiger partial charge is 0.126 e. The van der Waals surface area contributed by atoms with E-state index < -0.39 is 12.1 Å². The summed E-state index contributed by atoms with van der Waals surface area (Å²) in [6.45, 7) is 3.68. The van der Waals surface area contributed by atoms with Crippen molar-refractivity contribution in [3.63, 3.8) is 0 Å². The molecule has 0 aliphatic rings. The van der Waals surface area contributed by atoms with Gasteiger partial charge < -0.3 is 10.8 Å². The predicted molar refractivity (Wildman–Crippen MR) is 66.2 cm³/mol. The van der Waals surface area contributed by atoms with Crippen molar-refractivity contribution in [3.8, 4) is 0 Å². The van der Waals surface area contributed by atoms with E-state index in [2.05, 4.69) is 0 Å². The van der Waals surface area contributed by atoms with Crippen molar-refractivity contribution >= 4 is 12.4 Å². The van der Waals surface area contributed by atoms with Crippen LogP contribution in [0.15, 0.2) is 18.2 Å². The summed E-state index contributed by atoms with van der Waals surface area (Å²) in [6.07, 6.45) is 0.993. The molecule has 2 atom stereocenters. The van der Waals surface area contributed by atoms with Crippen LogP contribution in [0.25, 0.3) is 0 Å². The van der Waals surface area contributed by atoms with E-state index in [0.29, 0.717) is 12.0 Å². The summed E-state index contributed by atoms with van der Waals surface area (Å²) in [5, 5.41) is 9.71. The summed E-state index contributed by atoms with van der Waals surface area (Å²) in [6, 6.07) is 4.29. The maximum Gasteiger partial charge on any atom is 0.126 e. The molecule has 1 aromatic carbocycles. The average molecular weight is 248 g/mol. The molecule has 4 heteroatoms. The maximum absolute atomic E-state index is 13.0. The van der Waals surface area contributed by atoms with E-state index >= 15 is 0 Å². The second kappa shape index (κ2) is 6.84. The molecule has 0 saturated carbocycles. The quantitative estimate of drug-likeness (QED) is 0.860. The summed E-state index contributed by atoms with van der Waals surface area (Å²) >= 11 is 0. The third kappa shape index (κ3) is 3.74. The number of aliphatic hydroxyl groups excluding tert-OH is 1. The summed E-state index contributed by atoms with van der Waals surface area (Å²) < 4.78 is 13.0. The first-order chi connectivity index (χ1) is 7.06. The number of hydrogen-bond acceptors (Lipinski definition) is 2. The van der Waals surface area contributed by atoms with Crippen LogP contribution in [0, 0.1) is 12.7 Å². The van der Waals surface area contributed by atoms with Crippen LogP contribution in [0.4, 0.5) is 4.39 Å². The number of aryl methyl sites for hydroxylation is 1. The Labute approximate surface area is 102 Å². The first-order valence-corrected chi connectivity index (χ1v) is 5.26. The van der Waals surface area contributed by atoms with Crippen molar-refractivity contribution in [1.82, 2.24) is 0 Å². The molecule has 0 amide bonds. The third-order valence-corrected chi connectivity index (χ3v) is 2.57. The fourth-order valence-corrected chi connectivity index (χ4v) is 1.57. The molecule has 1 aromatic rings. The second-order valence-corrected chi connectivity index (χ2v) is 3.89. The molecule has 0 fully saturated rings. The van der Waals surface area contributed by atoms with Crippen LogP contribution in [0.5, 0.6) is 0 Å². The number of hydrogen-bond donors (Lipinski definition) is 2. The molecule has 0 saturated heterocycles. The van der Waals surface area contributed by atoms with E-state index in [1.54, 1.807) is 19.1 Å². The maximum atomic E-state index is 13.0. The van der Waals surface area contributed by atoms with Crippen molar-refractivity contribution in [2.24, 2.45) is 5.73 Å². The van der Waals surface area contributed by atoms with Crippen molar-refractivity contribution in [2.75, 3.05) is 0 Å². The molecule has 0 aliphatic heterocycles. The average Bonchev–Trinajstić information content (AvgIpc) is 2.21. The highest BCUT2D eigenvalue weighted by Crippen LogP contribution is 2.19. The SMILES string of the molecule is CCC[C@@H](O)[C@@H](N)c1ccc(F)c(C)c1.Cl. The predicted octanol–water partition coefficient (Wildman–Crippen LogP) is 2.72. The molecule has 16 heavy (non-hydrogen) atoms. The Kier molecular flexibility index (Phi) is 6.56. The zero-order valence-corrected chi connectivity index (χ0v) is 10.4. The molecular formula is C12H19ClFNO. The van der Waals surface area contributed by atoms with E-state index in [-0.39, 0.29) is 18.2 Å². The first-order valence-electron chi connectivity index (χ1n) is 5.26. The molecule has 1 rings (SSSR count). The molecule has 0 spiro atoms. The number of benzene rings is 1. The lowest BCUT2D eigenvalue weighted by Gasteiger charge is -2.19. The normalized spacial score (nSPS) is 14.1. The van der Waals surface area contributed by atoms with Crippen molar-refractivity contribution in [3.05, 3.63) is 35.1 Å².